The van der Waals surface area contributed by atoms with E-state index in [9.17, 15) is 4.79 Å². The first kappa shape index (κ1) is 13.7. The van der Waals surface area contributed by atoms with Crippen molar-refractivity contribution in [2.24, 2.45) is 0 Å². The van der Waals surface area contributed by atoms with E-state index in [-0.39, 0.29) is 6.03 Å². The third-order valence-electron chi connectivity index (χ3n) is 1.95. The van der Waals surface area contributed by atoms with Gasteiger partial charge in [-0.3, -0.25) is 0 Å². The van der Waals surface area contributed by atoms with E-state index >= 15 is 0 Å². The van der Waals surface area contributed by atoms with Gasteiger partial charge in [-0.05, 0) is 23.8 Å². The van der Waals surface area contributed by atoms with Crippen LogP contribution < -0.4 is 10.6 Å². The fourth-order valence-corrected chi connectivity index (χ4v) is 1.37. The molecular formula is C12H15BrN2O2. The van der Waals surface area contributed by atoms with Gasteiger partial charge in [0, 0.05) is 24.3 Å². The van der Waals surface area contributed by atoms with Crippen LogP contribution >= 0.6 is 15.9 Å². The number of amides is 2. The molecule has 4 nitrogen and oxygen atoms in total. The van der Waals surface area contributed by atoms with Crippen molar-refractivity contribution >= 4 is 28.0 Å². The van der Waals surface area contributed by atoms with Crippen LogP contribution in [0.5, 0.6) is 0 Å². The second-order valence-electron chi connectivity index (χ2n) is 3.28. The van der Waals surface area contributed by atoms with Gasteiger partial charge in [-0.15, -0.1) is 0 Å². The van der Waals surface area contributed by atoms with E-state index in [1.165, 1.54) is 0 Å². The van der Waals surface area contributed by atoms with Gasteiger partial charge in [0.25, 0.3) is 0 Å². The highest BCUT2D eigenvalue weighted by Crippen LogP contribution is 2.10. The highest BCUT2D eigenvalue weighted by atomic mass is 79.9. The summed E-state index contributed by atoms with van der Waals surface area (Å²) in [4.78, 5) is 11.2. The van der Waals surface area contributed by atoms with Crippen LogP contribution in [0.15, 0.2) is 34.9 Å². The van der Waals surface area contributed by atoms with Crippen LogP contribution in [-0.4, -0.2) is 26.3 Å². The van der Waals surface area contributed by atoms with Crippen molar-refractivity contribution in [2.45, 2.75) is 0 Å². The average molecular weight is 299 g/mol. The Morgan fingerprint density at radius 1 is 1.41 bits per heavy atom. The number of methoxy groups -OCH3 is 1. The molecule has 1 rings (SSSR count). The Balaban J connectivity index is 2.29. The molecule has 0 unspecified atom stereocenters. The molecule has 0 aromatic heterocycles. The van der Waals surface area contributed by atoms with Gasteiger partial charge >= 0.3 is 6.03 Å². The van der Waals surface area contributed by atoms with Gasteiger partial charge in [-0.25, -0.2) is 4.79 Å². The summed E-state index contributed by atoms with van der Waals surface area (Å²) >= 11 is 3.36. The van der Waals surface area contributed by atoms with E-state index in [1.54, 1.807) is 13.3 Å². The SMILES string of the molecule is COCCNC(=O)N/C=C/c1ccc(Br)cc1. The van der Waals surface area contributed by atoms with Crippen LogP contribution in [-0.2, 0) is 4.74 Å². The molecule has 0 aliphatic heterocycles. The number of urea groups is 1. The Labute approximate surface area is 109 Å². The van der Waals surface area contributed by atoms with E-state index < -0.39 is 0 Å². The zero-order chi connectivity index (χ0) is 12.5. The fourth-order valence-electron chi connectivity index (χ4n) is 1.11. The molecule has 2 amide bonds. The third-order valence-corrected chi connectivity index (χ3v) is 2.48. The molecular weight excluding hydrogens is 284 g/mol. The van der Waals surface area contributed by atoms with Crippen molar-refractivity contribution in [1.82, 2.24) is 10.6 Å². The molecule has 0 heterocycles. The lowest BCUT2D eigenvalue weighted by molar-refractivity contribution is 0.196. The monoisotopic (exact) mass is 298 g/mol. The number of carbonyl (C=O) groups excluding carboxylic acids is 1. The van der Waals surface area contributed by atoms with Crippen molar-refractivity contribution < 1.29 is 9.53 Å². The van der Waals surface area contributed by atoms with Crippen molar-refractivity contribution in [3.8, 4) is 0 Å². The number of hydrogen-bond donors (Lipinski definition) is 2. The molecule has 0 saturated carbocycles. The quantitative estimate of drug-likeness (QED) is 0.820. The first-order chi connectivity index (χ1) is 8.22. The fraction of sp³-hybridized carbons (Fsp3) is 0.250. The number of nitrogens with one attached hydrogen (secondary N) is 2. The largest absolute Gasteiger partial charge is 0.383 e. The summed E-state index contributed by atoms with van der Waals surface area (Å²) in [7, 11) is 1.59. The predicted octanol–water partition coefficient (Wildman–Crippen LogP) is 2.37. The second kappa shape index (κ2) is 7.86. The van der Waals surface area contributed by atoms with Crippen molar-refractivity contribution in [1.29, 1.82) is 0 Å². The van der Waals surface area contributed by atoms with Crippen LogP contribution in [0.2, 0.25) is 0 Å². The smallest absolute Gasteiger partial charge is 0.318 e. The lowest BCUT2D eigenvalue weighted by Gasteiger charge is -2.02. The number of halogens is 1. The summed E-state index contributed by atoms with van der Waals surface area (Å²) < 4.78 is 5.84. The third kappa shape index (κ3) is 6.09. The summed E-state index contributed by atoms with van der Waals surface area (Å²) in [5.74, 6) is 0. The molecule has 0 bridgehead atoms. The molecule has 2 N–H and O–H groups in total. The molecule has 0 aliphatic carbocycles. The Kier molecular flexibility index (Phi) is 6.35. The van der Waals surface area contributed by atoms with Crippen molar-refractivity contribution in [2.75, 3.05) is 20.3 Å². The number of benzene rings is 1. The van der Waals surface area contributed by atoms with Crippen LogP contribution in [0.25, 0.3) is 6.08 Å². The summed E-state index contributed by atoms with van der Waals surface area (Å²) in [6.45, 7) is 0.998. The second-order valence-corrected chi connectivity index (χ2v) is 4.19. The standard InChI is InChI=1S/C12H15BrN2O2/c1-17-9-8-15-12(16)14-7-6-10-2-4-11(13)5-3-10/h2-7H,8-9H2,1H3,(H2,14,15,16)/b7-6+. The Morgan fingerprint density at radius 3 is 2.76 bits per heavy atom. The maximum Gasteiger partial charge on any atom is 0.318 e. The van der Waals surface area contributed by atoms with Gasteiger partial charge < -0.3 is 15.4 Å². The topological polar surface area (TPSA) is 50.4 Å². The molecule has 1 aromatic carbocycles. The lowest BCUT2D eigenvalue weighted by Crippen LogP contribution is -2.34. The first-order valence-electron chi connectivity index (χ1n) is 5.18. The molecule has 0 atom stereocenters. The molecule has 5 heteroatoms. The van der Waals surface area contributed by atoms with Crippen molar-refractivity contribution in [3.05, 3.63) is 40.5 Å². The van der Waals surface area contributed by atoms with Crippen LogP contribution in [0.3, 0.4) is 0 Å². The zero-order valence-corrected chi connectivity index (χ0v) is 11.2. The normalized spacial score (nSPS) is 10.5. The lowest BCUT2D eigenvalue weighted by atomic mass is 10.2. The highest BCUT2D eigenvalue weighted by molar-refractivity contribution is 9.10. The zero-order valence-electron chi connectivity index (χ0n) is 9.57. The summed E-state index contributed by atoms with van der Waals surface area (Å²) in [5, 5.41) is 5.25. The summed E-state index contributed by atoms with van der Waals surface area (Å²) in [6.07, 6.45) is 3.42. The first-order valence-corrected chi connectivity index (χ1v) is 5.97. The number of hydrogen-bond acceptors (Lipinski definition) is 2. The summed E-state index contributed by atoms with van der Waals surface area (Å²) in [5.41, 5.74) is 1.02. The summed E-state index contributed by atoms with van der Waals surface area (Å²) in [6, 6.07) is 7.54. The van der Waals surface area contributed by atoms with Gasteiger partial charge in [0.1, 0.15) is 0 Å². The van der Waals surface area contributed by atoms with Crippen molar-refractivity contribution in [3.63, 3.8) is 0 Å². The van der Waals surface area contributed by atoms with E-state index in [2.05, 4.69) is 26.6 Å². The Morgan fingerprint density at radius 2 is 2.12 bits per heavy atom. The maximum atomic E-state index is 11.2. The predicted molar refractivity (Wildman–Crippen MR) is 71.6 cm³/mol. The number of carbonyl (C=O) groups is 1. The van der Waals surface area contributed by atoms with Gasteiger partial charge in [-0.1, -0.05) is 28.1 Å². The molecule has 0 saturated heterocycles. The minimum atomic E-state index is -0.240. The average Bonchev–Trinajstić information content (AvgIpc) is 2.32. The molecule has 17 heavy (non-hydrogen) atoms. The number of ether oxygens (including phenoxy) is 1. The molecule has 1 aromatic rings. The minimum absolute atomic E-state index is 0.240. The minimum Gasteiger partial charge on any atom is -0.383 e. The van der Waals surface area contributed by atoms with Crippen LogP contribution in [0.1, 0.15) is 5.56 Å². The van der Waals surface area contributed by atoms with Gasteiger partial charge in [0.2, 0.25) is 0 Å². The van der Waals surface area contributed by atoms with Gasteiger partial charge in [0.05, 0.1) is 6.61 Å². The van der Waals surface area contributed by atoms with Gasteiger partial charge in [0.15, 0.2) is 0 Å². The Bertz CT molecular complexity index is 377. The molecule has 0 radical (unpaired) electrons. The highest BCUT2D eigenvalue weighted by Gasteiger charge is 1.94. The number of rotatable bonds is 5. The van der Waals surface area contributed by atoms with E-state index in [1.807, 2.05) is 30.3 Å². The van der Waals surface area contributed by atoms with Crippen LogP contribution in [0.4, 0.5) is 4.79 Å². The molecule has 92 valence electrons. The molecule has 0 fully saturated rings. The van der Waals surface area contributed by atoms with E-state index in [0.29, 0.717) is 13.2 Å². The maximum absolute atomic E-state index is 11.2. The van der Waals surface area contributed by atoms with Gasteiger partial charge in [-0.2, -0.15) is 0 Å². The van der Waals surface area contributed by atoms with E-state index in [0.717, 1.165) is 10.0 Å². The molecule has 0 spiro atoms. The molecule has 0 aliphatic rings. The Hall–Kier alpha value is -1.33. The van der Waals surface area contributed by atoms with Crippen LogP contribution in [0, 0.1) is 0 Å². The van der Waals surface area contributed by atoms with E-state index in [4.69, 9.17) is 4.74 Å².